The molecule has 3 aromatic rings. The van der Waals surface area contributed by atoms with Crippen molar-refractivity contribution in [1.82, 2.24) is 3.98 Å². The van der Waals surface area contributed by atoms with Crippen molar-refractivity contribution in [3.05, 3.63) is 65.7 Å². The van der Waals surface area contributed by atoms with Crippen LogP contribution in [0.25, 0.3) is 21.3 Å². The number of hydrogen-bond acceptors (Lipinski definition) is 1. The summed E-state index contributed by atoms with van der Waals surface area (Å²) in [4.78, 5) is 0. The average Bonchev–Trinajstić information content (AvgIpc) is 2.90. The van der Waals surface area contributed by atoms with E-state index in [0.717, 1.165) is 16.3 Å². The molecular weight excluding hydrogens is 309 g/mol. The van der Waals surface area contributed by atoms with Gasteiger partial charge in [-0.3, -0.25) is 0 Å². The quantitative estimate of drug-likeness (QED) is 0.648. The molecule has 3 heteroatoms. The fraction of sp³-hybridized carbons (Fsp3) is 0. The Morgan fingerprint density at radius 1 is 0.833 bits per heavy atom. The van der Waals surface area contributed by atoms with Gasteiger partial charge in [-0.05, 0) is 0 Å². The van der Waals surface area contributed by atoms with Crippen molar-refractivity contribution in [3.63, 3.8) is 0 Å². The summed E-state index contributed by atoms with van der Waals surface area (Å²) in [6.45, 7) is 0. The molecule has 1 nitrogen and oxygen atoms in total. The number of halogens is 1. The number of hydrogen-bond donors (Lipinski definition) is 0. The number of rotatable bonds is 2. The molecule has 0 aliphatic rings. The molecule has 0 spiro atoms. The van der Waals surface area contributed by atoms with Gasteiger partial charge < -0.3 is 0 Å². The molecule has 0 aliphatic heterocycles. The third kappa shape index (κ3) is 2.41. The second-order valence-corrected chi connectivity index (χ2v) is 6.07. The van der Waals surface area contributed by atoms with Crippen LogP contribution in [0.2, 0.25) is 5.02 Å². The molecule has 88 valence electrons. The molecule has 1 heterocycles. The molecule has 2 aromatic carbocycles. The summed E-state index contributed by atoms with van der Waals surface area (Å²) >= 11 is 6.07. The van der Waals surface area contributed by atoms with Gasteiger partial charge >= 0.3 is 117 Å². The van der Waals surface area contributed by atoms with Gasteiger partial charge in [0, 0.05) is 0 Å². The SMILES string of the molecule is Clc1ccc(-c2cc(-c3ccccc3)[se]n2)cc1. The van der Waals surface area contributed by atoms with Gasteiger partial charge in [-0.2, -0.15) is 0 Å². The van der Waals surface area contributed by atoms with Crippen LogP contribution >= 0.6 is 11.6 Å². The van der Waals surface area contributed by atoms with Crippen molar-refractivity contribution >= 4 is 26.3 Å². The zero-order valence-corrected chi connectivity index (χ0v) is 12.0. The van der Waals surface area contributed by atoms with Gasteiger partial charge in [0.25, 0.3) is 0 Å². The molecule has 18 heavy (non-hydrogen) atoms. The summed E-state index contributed by atoms with van der Waals surface area (Å²) < 4.78 is 5.96. The normalized spacial score (nSPS) is 10.5. The molecule has 1 aromatic heterocycles. The van der Waals surface area contributed by atoms with Gasteiger partial charge in [0.05, 0.1) is 0 Å². The predicted molar refractivity (Wildman–Crippen MR) is 77.1 cm³/mol. The van der Waals surface area contributed by atoms with E-state index >= 15 is 0 Å². The molecule has 0 saturated heterocycles. The van der Waals surface area contributed by atoms with E-state index < -0.39 is 0 Å². The summed E-state index contributed by atoms with van der Waals surface area (Å²) in [5.74, 6) is 0. The van der Waals surface area contributed by atoms with Crippen LogP contribution in [-0.2, 0) is 0 Å². The van der Waals surface area contributed by atoms with Gasteiger partial charge in [0.1, 0.15) is 0 Å². The maximum absolute atomic E-state index is 5.89. The Morgan fingerprint density at radius 3 is 2.28 bits per heavy atom. The minimum absolute atomic E-state index is 0.177. The van der Waals surface area contributed by atoms with E-state index in [1.165, 1.54) is 10.0 Å². The predicted octanol–water partition coefficient (Wildman–Crippen LogP) is 4.13. The van der Waals surface area contributed by atoms with Crippen molar-refractivity contribution in [2.45, 2.75) is 0 Å². The van der Waals surface area contributed by atoms with E-state index in [4.69, 9.17) is 11.6 Å². The third-order valence-corrected chi connectivity index (χ3v) is 4.72. The van der Waals surface area contributed by atoms with Crippen LogP contribution in [-0.4, -0.2) is 18.7 Å². The van der Waals surface area contributed by atoms with Gasteiger partial charge in [0.15, 0.2) is 0 Å². The molecule has 0 atom stereocenters. The Kier molecular flexibility index (Phi) is 3.33. The molecule has 0 unspecified atom stereocenters. The number of benzene rings is 2. The summed E-state index contributed by atoms with van der Waals surface area (Å²) in [6, 6.07) is 20.4. The van der Waals surface area contributed by atoms with Crippen LogP contribution in [0.15, 0.2) is 60.7 Å². The molecule has 3 rings (SSSR count). The molecule has 0 aliphatic carbocycles. The molecule has 0 bridgehead atoms. The van der Waals surface area contributed by atoms with Gasteiger partial charge in [0.2, 0.25) is 0 Å². The second-order valence-electron chi connectivity index (χ2n) is 3.95. The van der Waals surface area contributed by atoms with Crippen molar-refractivity contribution in [3.8, 4) is 21.3 Å². The molecule has 0 amide bonds. The van der Waals surface area contributed by atoms with Crippen LogP contribution in [0.4, 0.5) is 0 Å². The van der Waals surface area contributed by atoms with Crippen molar-refractivity contribution in [2.75, 3.05) is 0 Å². The van der Waals surface area contributed by atoms with Gasteiger partial charge in [-0.15, -0.1) is 0 Å². The summed E-state index contributed by atoms with van der Waals surface area (Å²) in [5.41, 5.74) is 3.46. The Balaban J connectivity index is 1.97. The minimum atomic E-state index is 0.177. The monoisotopic (exact) mass is 319 g/mol. The first-order valence-electron chi connectivity index (χ1n) is 5.61. The maximum atomic E-state index is 5.89. The molecular formula is C15H10ClNSe. The fourth-order valence-corrected chi connectivity index (χ4v) is 3.49. The first-order valence-corrected chi connectivity index (χ1v) is 7.61. The van der Waals surface area contributed by atoms with E-state index in [1.807, 2.05) is 30.3 Å². The van der Waals surface area contributed by atoms with E-state index in [0.29, 0.717) is 0 Å². The van der Waals surface area contributed by atoms with E-state index in [1.54, 1.807) is 0 Å². The van der Waals surface area contributed by atoms with E-state index in [2.05, 4.69) is 34.3 Å². The summed E-state index contributed by atoms with van der Waals surface area (Å²) in [6.07, 6.45) is 0. The average molecular weight is 319 g/mol. The van der Waals surface area contributed by atoms with Crippen molar-refractivity contribution in [2.24, 2.45) is 0 Å². The Hall–Kier alpha value is -1.34. The Labute approximate surface area is 117 Å². The molecule has 0 saturated carbocycles. The van der Waals surface area contributed by atoms with Crippen LogP contribution in [0.5, 0.6) is 0 Å². The molecule has 0 radical (unpaired) electrons. The molecule has 0 fully saturated rings. The topological polar surface area (TPSA) is 12.9 Å². The number of aromatic nitrogens is 1. The second kappa shape index (κ2) is 5.11. The fourth-order valence-electron chi connectivity index (χ4n) is 1.77. The Bertz CT molecular complexity index is 644. The zero-order chi connectivity index (χ0) is 12.4. The van der Waals surface area contributed by atoms with Crippen LogP contribution in [0.1, 0.15) is 0 Å². The number of nitrogens with zero attached hydrogens (tertiary/aromatic N) is 1. The summed E-state index contributed by atoms with van der Waals surface area (Å²) in [7, 11) is 0. The Morgan fingerprint density at radius 2 is 1.56 bits per heavy atom. The van der Waals surface area contributed by atoms with Crippen LogP contribution in [0, 0.1) is 0 Å². The summed E-state index contributed by atoms with van der Waals surface area (Å²) in [5, 5.41) is 0.759. The van der Waals surface area contributed by atoms with Crippen LogP contribution < -0.4 is 0 Å². The van der Waals surface area contributed by atoms with E-state index in [9.17, 15) is 0 Å². The third-order valence-electron chi connectivity index (χ3n) is 2.71. The van der Waals surface area contributed by atoms with Gasteiger partial charge in [-0.25, -0.2) is 0 Å². The van der Waals surface area contributed by atoms with Crippen molar-refractivity contribution < 1.29 is 0 Å². The molecule has 0 N–H and O–H groups in total. The standard InChI is InChI=1S/C15H10ClNSe/c16-13-8-6-11(7-9-13)14-10-15(18-17-14)12-4-2-1-3-5-12/h1-10H. The first kappa shape index (κ1) is 11.7. The van der Waals surface area contributed by atoms with Crippen molar-refractivity contribution in [1.29, 1.82) is 0 Å². The zero-order valence-electron chi connectivity index (χ0n) is 9.51. The first-order chi connectivity index (χ1) is 8.83. The van der Waals surface area contributed by atoms with E-state index in [-0.39, 0.29) is 14.7 Å². The van der Waals surface area contributed by atoms with Crippen LogP contribution in [0.3, 0.4) is 0 Å². The van der Waals surface area contributed by atoms with Gasteiger partial charge in [-0.1, -0.05) is 0 Å².